The number of sulfonamides is 1. The van der Waals surface area contributed by atoms with Gasteiger partial charge in [-0.3, -0.25) is 13.9 Å². The number of anilines is 1. The van der Waals surface area contributed by atoms with Gasteiger partial charge < -0.3 is 10.2 Å². The first-order valence-electron chi connectivity index (χ1n) is 12.8. The zero-order chi connectivity index (χ0) is 29.4. The van der Waals surface area contributed by atoms with Crippen LogP contribution in [0.15, 0.2) is 77.7 Å². The summed E-state index contributed by atoms with van der Waals surface area (Å²) in [5, 5.41) is 2.56. The lowest BCUT2D eigenvalue weighted by molar-refractivity contribution is -0.140. The Labute approximate surface area is 238 Å². The largest absolute Gasteiger partial charge is 0.352 e. The van der Waals surface area contributed by atoms with Crippen LogP contribution in [0.3, 0.4) is 0 Å². The van der Waals surface area contributed by atoms with Crippen LogP contribution in [0.25, 0.3) is 0 Å². The van der Waals surface area contributed by atoms with Gasteiger partial charge in [0.2, 0.25) is 11.8 Å². The van der Waals surface area contributed by atoms with E-state index in [1.807, 2.05) is 13.8 Å². The van der Waals surface area contributed by atoms with Crippen molar-refractivity contribution in [3.05, 3.63) is 95.0 Å². The second-order valence-electron chi connectivity index (χ2n) is 9.31. The summed E-state index contributed by atoms with van der Waals surface area (Å²) >= 11 is 5.97. The second-order valence-corrected chi connectivity index (χ2v) is 11.6. The third-order valence-electron chi connectivity index (χ3n) is 6.45. The number of halogens is 3. The predicted molar refractivity (Wildman–Crippen MR) is 151 cm³/mol. The van der Waals surface area contributed by atoms with E-state index < -0.39 is 46.1 Å². The molecule has 1 N–H and O–H groups in total. The molecule has 0 aliphatic carbocycles. The summed E-state index contributed by atoms with van der Waals surface area (Å²) in [4.78, 5) is 28.4. The molecule has 0 fully saturated rings. The highest BCUT2D eigenvalue weighted by atomic mass is 35.5. The molecule has 0 spiro atoms. The molecular weight excluding hydrogens is 560 g/mol. The molecule has 214 valence electrons. The third kappa shape index (κ3) is 7.57. The molecule has 3 aromatic carbocycles. The quantitative estimate of drug-likeness (QED) is 0.300. The van der Waals surface area contributed by atoms with Crippen LogP contribution in [0.4, 0.5) is 14.5 Å². The number of hydrogen-bond acceptors (Lipinski definition) is 4. The van der Waals surface area contributed by atoms with Gasteiger partial charge in [-0.2, -0.15) is 0 Å². The van der Waals surface area contributed by atoms with E-state index in [9.17, 15) is 26.8 Å². The summed E-state index contributed by atoms with van der Waals surface area (Å²) in [6.07, 6.45) is 0.908. The Kier molecular flexibility index (Phi) is 10.6. The zero-order valence-electron chi connectivity index (χ0n) is 22.5. The Balaban J connectivity index is 2.06. The number of amides is 2. The van der Waals surface area contributed by atoms with Crippen LogP contribution < -0.4 is 9.62 Å². The van der Waals surface area contributed by atoms with E-state index in [0.717, 1.165) is 16.4 Å². The molecule has 3 aromatic rings. The molecule has 3 rings (SSSR count). The minimum Gasteiger partial charge on any atom is -0.352 e. The monoisotopic (exact) mass is 591 g/mol. The number of nitrogens with zero attached hydrogens (tertiary/aromatic N) is 2. The smallest absolute Gasteiger partial charge is 0.264 e. The van der Waals surface area contributed by atoms with Crippen molar-refractivity contribution in [3.8, 4) is 0 Å². The molecule has 0 aliphatic rings. The normalized spacial score (nSPS) is 12.8. The molecule has 0 heterocycles. The van der Waals surface area contributed by atoms with Crippen molar-refractivity contribution in [2.45, 2.75) is 57.1 Å². The van der Waals surface area contributed by atoms with Crippen LogP contribution in [-0.2, 0) is 26.2 Å². The Morgan fingerprint density at radius 3 is 2.17 bits per heavy atom. The summed E-state index contributed by atoms with van der Waals surface area (Å²) in [6, 6.07) is 15.2. The van der Waals surface area contributed by atoms with Crippen molar-refractivity contribution in [3.63, 3.8) is 0 Å². The fourth-order valence-electron chi connectivity index (χ4n) is 4.04. The summed E-state index contributed by atoms with van der Waals surface area (Å²) in [5.74, 6) is -2.29. The molecule has 11 heteroatoms. The maximum atomic E-state index is 14.0. The van der Waals surface area contributed by atoms with E-state index in [1.165, 1.54) is 59.5 Å². The van der Waals surface area contributed by atoms with Gasteiger partial charge in [0.15, 0.2) is 0 Å². The number of hydrogen-bond donors (Lipinski definition) is 1. The fourth-order valence-corrected chi connectivity index (χ4v) is 5.64. The number of carbonyl (C=O) groups excluding carboxylic acids is 2. The first kappa shape index (κ1) is 31.0. The van der Waals surface area contributed by atoms with Gasteiger partial charge in [0, 0.05) is 12.6 Å². The van der Waals surface area contributed by atoms with Gasteiger partial charge in [0.05, 0.1) is 15.6 Å². The lowest BCUT2D eigenvalue weighted by atomic mass is 10.1. The van der Waals surface area contributed by atoms with E-state index in [-0.39, 0.29) is 34.6 Å². The predicted octanol–water partition coefficient (Wildman–Crippen LogP) is 5.54. The van der Waals surface area contributed by atoms with E-state index >= 15 is 0 Å². The lowest BCUT2D eigenvalue weighted by Gasteiger charge is -2.33. The Bertz CT molecular complexity index is 1420. The average molecular weight is 592 g/mol. The molecule has 0 bridgehead atoms. The zero-order valence-corrected chi connectivity index (χ0v) is 24.1. The molecule has 0 unspecified atom stereocenters. The first-order valence-corrected chi connectivity index (χ1v) is 14.7. The fraction of sp³-hybridized carbons (Fsp3) is 0.310. The molecule has 0 aromatic heterocycles. The summed E-state index contributed by atoms with van der Waals surface area (Å²) in [7, 11) is -4.31. The molecule has 0 saturated carbocycles. The van der Waals surface area contributed by atoms with Gasteiger partial charge in [-0.05, 0) is 67.8 Å². The number of carbonyl (C=O) groups is 2. The highest BCUT2D eigenvalue weighted by Gasteiger charge is 2.34. The third-order valence-corrected chi connectivity index (χ3v) is 8.53. The van der Waals surface area contributed by atoms with Crippen molar-refractivity contribution < 1.29 is 26.8 Å². The molecule has 0 saturated heterocycles. The van der Waals surface area contributed by atoms with Crippen LogP contribution in [0.1, 0.15) is 39.2 Å². The van der Waals surface area contributed by atoms with Crippen molar-refractivity contribution in [1.82, 2.24) is 10.2 Å². The SMILES string of the molecule is CC[C@@H](C)NC(=O)[C@H](CC)N(Cc1ccc(F)cc1)C(=O)CN(c1ccc(F)c(Cl)c1)S(=O)(=O)c1ccccc1. The highest BCUT2D eigenvalue weighted by molar-refractivity contribution is 7.92. The second kappa shape index (κ2) is 13.7. The first-order chi connectivity index (χ1) is 19.0. The van der Waals surface area contributed by atoms with Crippen molar-refractivity contribution in [2.75, 3.05) is 10.8 Å². The average Bonchev–Trinajstić information content (AvgIpc) is 2.94. The summed E-state index contributed by atoms with van der Waals surface area (Å²) in [6.45, 7) is 4.71. The lowest BCUT2D eigenvalue weighted by Crippen LogP contribution is -2.53. The number of nitrogens with one attached hydrogen (secondary N) is 1. The van der Waals surface area contributed by atoms with E-state index in [2.05, 4.69) is 5.32 Å². The van der Waals surface area contributed by atoms with Gasteiger partial charge in [0.25, 0.3) is 10.0 Å². The topological polar surface area (TPSA) is 86.8 Å². The van der Waals surface area contributed by atoms with E-state index in [1.54, 1.807) is 13.0 Å². The van der Waals surface area contributed by atoms with Crippen LogP contribution in [0, 0.1) is 11.6 Å². The van der Waals surface area contributed by atoms with Crippen molar-refractivity contribution >= 4 is 39.1 Å². The van der Waals surface area contributed by atoms with Gasteiger partial charge in [-0.1, -0.05) is 55.8 Å². The van der Waals surface area contributed by atoms with E-state index in [4.69, 9.17) is 11.6 Å². The van der Waals surface area contributed by atoms with Gasteiger partial charge in [-0.25, -0.2) is 17.2 Å². The van der Waals surface area contributed by atoms with Crippen LogP contribution in [0.2, 0.25) is 5.02 Å². The van der Waals surface area contributed by atoms with Gasteiger partial charge in [-0.15, -0.1) is 0 Å². The summed E-state index contributed by atoms with van der Waals surface area (Å²) < 4.78 is 55.9. The molecule has 2 atom stereocenters. The highest BCUT2D eigenvalue weighted by Crippen LogP contribution is 2.28. The molecule has 2 amide bonds. The summed E-state index contributed by atoms with van der Waals surface area (Å²) in [5.41, 5.74) is 0.522. The Morgan fingerprint density at radius 1 is 0.950 bits per heavy atom. The van der Waals surface area contributed by atoms with Gasteiger partial charge in [0.1, 0.15) is 24.2 Å². The minimum atomic E-state index is -4.31. The van der Waals surface area contributed by atoms with Crippen LogP contribution in [0.5, 0.6) is 0 Å². The Hall–Kier alpha value is -3.50. The molecular formula is C29H32ClF2N3O4S. The molecule has 0 aliphatic heterocycles. The molecule has 7 nitrogen and oxygen atoms in total. The number of rotatable bonds is 12. The van der Waals surface area contributed by atoms with Crippen LogP contribution in [-0.4, -0.2) is 43.8 Å². The maximum Gasteiger partial charge on any atom is 0.264 e. The molecule has 0 radical (unpaired) electrons. The van der Waals surface area contributed by atoms with E-state index in [0.29, 0.717) is 12.0 Å². The molecule has 40 heavy (non-hydrogen) atoms. The standard InChI is InChI=1S/C29H32ClF2N3O4S/c1-4-20(3)33-29(37)27(5-2)34(18-21-11-13-22(31)14-12-21)28(36)19-35(23-15-16-26(32)25(30)17-23)40(38,39)24-9-7-6-8-10-24/h6-17,20,27H,4-5,18-19H2,1-3H3,(H,33,37)/t20-,27+/m1/s1. The van der Waals surface area contributed by atoms with Gasteiger partial charge >= 0.3 is 0 Å². The minimum absolute atomic E-state index is 0.0255. The van der Waals surface area contributed by atoms with Crippen LogP contribution >= 0.6 is 11.6 Å². The van der Waals surface area contributed by atoms with Crippen molar-refractivity contribution in [2.24, 2.45) is 0 Å². The maximum absolute atomic E-state index is 14.0. The Morgan fingerprint density at radius 2 is 1.60 bits per heavy atom. The van der Waals surface area contributed by atoms with Crippen molar-refractivity contribution in [1.29, 1.82) is 0 Å². The number of benzene rings is 3.